The number of rotatable bonds is 2. The average molecular weight is 267 g/mol. The Morgan fingerprint density at radius 2 is 1.84 bits per heavy atom. The standard InChI is InChI=1S/C13H21N3O3/c14-11-7-2-1-6(3-7)10(11)13(19)16-5-8(17)4-9(16)12(15)18/h6-11,17H,1-5,14H2,(H2,15,18). The Kier molecular flexibility index (Phi) is 3.02. The Morgan fingerprint density at radius 1 is 1.16 bits per heavy atom. The molecule has 3 rings (SSSR count). The fourth-order valence-electron chi connectivity index (χ4n) is 4.22. The summed E-state index contributed by atoms with van der Waals surface area (Å²) in [6.45, 7) is 0.201. The maximum Gasteiger partial charge on any atom is 0.240 e. The molecule has 0 radical (unpaired) electrons. The number of β-amino-alcohol motifs (C(OH)–C–C–N with tert-alkyl or cyclic N) is 1. The summed E-state index contributed by atoms with van der Waals surface area (Å²) in [6.07, 6.45) is 2.77. The van der Waals surface area contributed by atoms with E-state index >= 15 is 0 Å². The van der Waals surface area contributed by atoms with Gasteiger partial charge in [0.1, 0.15) is 6.04 Å². The van der Waals surface area contributed by atoms with E-state index in [-0.39, 0.29) is 30.8 Å². The summed E-state index contributed by atoms with van der Waals surface area (Å²) < 4.78 is 0. The highest BCUT2D eigenvalue weighted by Crippen LogP contribution is 2.48. The van der Waals surface area contributed by atoms with Gasteiger partial charge in [0.25, 0.3) is 0 Å². The van der Waals surface area contributed by atoms with Gasteiger partial charge in [-0.15, -0.1) is 0 Å². The first kappa shape index (κ1) is 12.9. The van der Waals surface area contributed by atoms with Crippen molar-refractivity contribution in [1.82, 2.24) is 4.90 Å². The number of nitrogens with two attached hydrogens (primary N) is 2. The van der Waals surface area contributed by atoms with Gasteiger partial charge in [-0.1, -0.05) is 0 Å². The van der Waals surface area contributed by atoms with Gasteiger partial charge in [0, 0.05) is 19.0 Å². The zero-order chi connectivity index (χ0) is 13.7. The zero-order valence-electron chi connectivity index (χ0n) is 10.9. The molecular formula is C13H21N3O3. The zero-order valence-corrected chi connectivity index (χ0v) is 10.9. The number of fused-ring (bicyclic) bond motifs is 2. The third-order valence-electron chi connectivity index (χ3n) is 5.16. The van der Waals surface area contributed by atoms with Crippen LogP contribution in [0.25, 0.3) is 0 Å². The maximum atomic E-state index is 12.6. The summed E-state index contributed by atoms with van der Waals surface area (Å²) >= 11 is 0. The SMILES string of the molecule is NC(=O)C1CC(O)CN1C(=O)C1C2CCC(C2)C1N. The molecule has 0 aromatic carbocycles. The molecular weight excluding hydrogens is 246 g/mol. The minimum atomic E-state index is -0.672. The number of likely N-dealkylation sites (tertiary alicyclic amines) is 1. The predicted octanol–water partition coefficient (Wildman–Crippen LogP) is -1.19. The van der Waals surface area contributed by atoms with Crippen molar-refractivity contribution in [2.24, 2.45) is 29.2 Å². The quantitative estimate of drug-likeness (QED) is 0.584. The van der Waals surface area contributed by atoms with Gasteiger partial charge < -0.3 is 21.5 Å². The molecule has 2 saturated carbocycles. The monoisotopic (exact) mass is 267 g/mol. The molecule has 6 atom stereocenters. The van der Waals surface area contributed by atoms with Crippen molar-refractivity contribution in [3.05, 3.63) is 0 Å². The summed E-state index contributed by atoms with van der Waals surface area (Å²) in [5.74, 6) is -0.0233. The molecule has 106 valence electrons. The highest BCUT2D eigenvalue weighted by atomic mass is 16.3. The van der Waals surface area contributed by atoms with Gasteiger partial charge in [-0.05, 0) is 31.1 Å². The molecule has 3 fully saturated rings. The molecule has 6 unspecified atom stereocenters. The van der Waals surface area contributed by atoms with Crippen molar-refractivity contribution in [1.29, 1.82) is 0 Å². The molecule has 1 saturated heterocycles. The highest BCUT2D eigenvalue weighted by Gasteiger charge is 2.52. The molecule has 0 aromatic heterocycles. The van der Waals surface area contributed by atoms with Crippen LogP contribution in [-0.2, 0) is 9.59 Å². The van der Waals surface area contributed by atoms with Gasteiger partial charge in [0.2, 0.25) is 11.8 Å². The highest BCUT2D eigenvalue weighted by molar-refractivity contribution is 5.89. The van der Waals surface area contributed by atoms with E-state index < -0.39 is 18.1 Å². The first-order valence-electron chi connectivity index (χ1n) is 7.02. The van der Waals surface area contributed by atoms with E-state index in [0.717, 1.165) is 19.3 Å². The van der Waals surface area contributed by atoms with Gasteiger partial charge >= 0.3 is 0 Å². The fourth-order valence-corrected chi connectivity index (χ4v) is 4.22. The summed E-state index contributed by atoms with van der Waals surface area (Å²) in [5.41, 5.74) is 11.5. The van der Waals surface area contributed by atoms with Crippen LogP contribution in [0.2, 0.25) is 0 Å². The first-order chi connectivity index (χ1) is 8.99. The van der Waals surface area contributed by atoms with Crippen LogP contribution in [0.5, 0.6) is 0 Å². The summed E-state index contributed by atoms with van der Waals surface area (Å²) in [6, 6.07) is -0.772. The average Bonchev–Trinajstić information content (AvgIpc) is 3.01. The summed E-state index contributed by atoms with van der Waals surface area (Å²) in [5, 5.41) is 9.68. The van der Waals surface area contributed by atoms with E-state index in [9.17, 15) is 14.7 Å². The van der Waals surface area contributed by atoms with E-state index in [4.69, 9.17) is 11.5 Å². The molecule has 2 amide bonds. The van der Waals surface area contributed by atoms with Crippen LogP contribution in [0, 0.1) is 17.8 Å². The molecule has 1 heterocycles. The molecule has 5 N–H and O–H groups in total. The van der Waals surface area contributed by atoms with Crippen molar-refractivity contribution in [2.75, 3.05) is 6.54 Å². The predicted molar refractivity (Wildman–Crippen MR) is 67.6 cm³/mol. The fraction of sp³-hybridized carbons (Fsp3) is 0.846. The molecule has 0 spiro atoms. The number of carbonyl (C=O) groups is 2. The minimum Gasteiger partial charge on any atom is -0.391 e. The second kappa shape index (κ2) is 4.45. The lowest BCUT2D eigenvalue weighted by Crippen LogP contribution is -2.51. The molecule has 2 bridgehead atoms. The Balaban J connectivity index is 1.78. The van der Waals surface area contributed by atoms with Crippen LogP contribution < -0.4 is 11.5 Å². The second-order valence-electron chi connectivity index (χ2n) is 6.23. The van der Waals surface area contributed by atoms with E-state index in [2.05, 4.69) is 0 Å². The molecule has 6 heteroatoms. The Labute approximate surface area is 112 Å². The summed E-state index contributed by atoms with van der Waals surface area (Å²) in [7, 11) is 0. The number of carbonyl (C=O) groups excluding carboxylic acids is 2. The van der Waals surface area contributed by atoms with Crippen molar-refractivity contribution in [3.63, 3.8) is 0 Å². The number of hydrogen-bond acceptors (Lipinski definition) is 4. The maximum absolute atomic E-state index is 12.6. The third kappa shape index (κ3) is 1.94. The molecule has 6 nitrogen and oxygen atoms in total. The number of nitrogens with zero attached hydrogens (tertiary/aromatic N) is 1. The van der Waals surface area contributed by atoms with E-state index in [1.54, 1.807) is 0 Å². The number of primary amides is 1. The van der Waals surface area contributed by atoms with E-state index in [0.29, 0.717) is 11.8 Å². The molecule has 1 aliphatic heterocycles. The van der Waals surface area contributed by atoms with Crippen LogP contribution in [0.15, 0.2) is 0 Å². The normalized spacial score (nSPS) is 44.8. The topological polar surface area (TPSA) is 110 Å². The van der Waals surface area contributed by atoms with Gasteiger partial charge in [-0.2, -0.15) is 0 Å². The number of aliphatic hydroxyl groups excluding tert-OH is 1. The van der Waals surface area contributed by atoms with Gasteiger partial charge in [-0.25, -0.2) is 0 Å². The number of amides is 2. The van der Waals surface area contributed by atoms with Crippen LogP contribution in [0.4, 0.5) is 0 Å². The van der Waals surface area contributed by atoms with Crippen LogP contribution in [-0.4, -0.2) is 46.6 Å². The first-order valence-corrected chi connectivity index (χ1v) is 7.02. The van der Waals surface area contributed by atoms with E-state index in [1.807, 2.05) is 0 Å². The summed E-state index contributed by atoms with van der Waals surface area (Å²) in [4.78, 5) is 25.5. The smallest absolute Gasteiger partial charge is 0.240 e. The minimum absolute atomic E-state index is 0.0833. The van der Waals surface area contributed by atoms with E-state index in [1.165, 1.54) is 4.90 Å². The van der Waals surface area contributed by atoms with Crippen LogP contribution in [0.1, 0.15) is 25.7 Å². The van der Waals surface area contributed by atoms with Crippen LogP contribution in [0.3, 0.4) is 0 Å². The van der Waals surface area contributed by atoms with Crippen molar-refractivity contribution >= 4 is 11.8 Å². The lowest BCUT2D eigenvalue weighted by Gasteiger charge is -2.32. The third-order valence-corrected chi connectivity index (χ3v) is 5.16. The van der Waals surface area contributed by atoms with Crippen molar-refractivity contribution in [3.8, 4) is 0 Å². The van der Waals surface area contributed by atoms with Gasteiger partial charge in [0.15, 0.2) is 0 Å². The molecule has 2 aliphatic carbocycles. The Morgan fingerprint density at radius 3 is 2.42 bits per heavy atom. The lowest BCUT2D eigenvalue weighted by molar-refractivity contribution is -0.142. The molecule has 19 heavy (non-hydrogen) atoms. The van der Waals surface area contributed by atoms with Crippen molar-refractivity contribution < 1.29 is 14.7 Å². The Bertz CT molecular complexity index is 412. The van der Waals surface area contributed by atoms with Crippen LogP contribution >= 0.6 is 0 Å². The molecule has 3 aliphatic rings. The lowest BCUT2D eigenvalue weighted by atomic mass is 9.84. The second-order valence-corrected chi connectivity index (χ2v) is 6.23. The Hall–Kier alpha value is -1.14. The largest absolute Gasteiger partial charge is 0.391 e. The number of aliphatic hydroxyl groups is 1. The molecule has 0 aromatic rings. The van der Waals surface area contributed by atoms with Gasteiger partial charge in [0.05, 0.1) is 12.0 Å². The van der Waals surface area contributed by atoms with Crippen molar-refractivity contribution in [2.45, 2.75) is 43.9 Å². The number of hydrogen-bond donors (Lipinski definition) is 3. The van der Waals surface area contributed by atoms with Gasteiger partial charge in [-0.3, -0.25) is 9.59 Å².